The molecule has 2 aromatic carbocycles. The molecule has 0 saturated heterocycles. The topological polar surface area (TPSA) is 49.8 Å². The lowest BCUT2D eigenvalue weighted by molar-refractivity contribution is 0.753. The molecule has 134 valence electrons. The van der Waals surface area contributed by atoms with E-state index in [9.17, 15) is 0 Å². The molecule has 0 aliphatic carbocycles. The minimum absolute atomic E-state index is 0.320. The van der Waals surface area contributed by atoms with Crippen LogP contribution in [-0.4, -0.2) is 16.0 Å². The fraction of sp³-hybridized carbons (Fsp3) is 0.238. The van der Waals surface area contributed by atoms with Crippen molar-refractivity contribution in [2.45, 2.75) is 32.9 Å². The zero-order valence-corrected chi connectivity index (χ0v) is 16.6. The summed E-state index contributed by atoms with van der Waals surface area (Å²) in [6.45, 7) is 4.99. The number of hydrogen-bond acceptors (Lipinski definition) is 4. The van der Waals surface area contributed by atoms with Gasteiger partial charge >= 0.3 is 0 Å². The quantitative estimate of drug-likeness (QED) is 0.522. The highest BCUT2D eigenvalue weighted by Crippen LogP contribution is 2.22. The Morgan fingerprint density at radius 2 is 1.73 bits per heavy atom. The van der Waals surface area contributed by atoms with Crippen LogP contribution in [0.25, 0.3) is 11.3 Å². The Bertz CT molecular complexity index is 834. The fourth-order valence-electron chi connectivity index (χ4n) is 2.48. The molecule has 3 aromatic rings. The zero-order valence-electron chi connectivity index (χ0n) is 15.0. The predicted octanol–water partition coefficient (Wildman–Crippen LogP) is 5.73. The molecule has 3 rings (SSSR count). The molecular weight excluding hydrogens is 388 g/mol. The third kappa shape index (κ3) is 5.05. The first-order valence-corrected chi connectivity index (χ1v) is 9.62. The van der Waals surface area contributed by atoms with Crippen LogP contribution in [0.1, 0.15) is 25.8 Å². The summed E-state index contributed by atoms with van der Waals surface area (Å²) in [5.41, 5.74) is 3.18. The van der Waals surface area contributed by atoms with Gasteiger partial charge in [0, 0.05) is 28.7 Å². The molecule has 0 spiro atoms. The molecule has 0 radical (unpaired) electrons. The van der Waals surface area contributed by atoms with Crippen LogP contribution >= 0.6 is 15.9 Å². The Morgan fingerprint density at radius 3 is 2.42 bits per heavy atom. The van der Waals surface area contributed by atoms with E-state index in [0.29, 0.717) is 18.5 Å². The van der Waals surface area contributed by atoms with Gasteiger partial charge in [0.25, 0.3) is 0 Å². The number of hydrogen-bond donors (Lipinski definition) is 2. The zero-order chi connectivity index (χ0) is 18.4. The average Bonchev–Trinajstić information content (AvgIpc) is 2.68. The lowest BCUT2D eigenvalue weighted by Crippen LogP contribution is -2.16. The first-order valence-electron chi connectivity index (χ1n) is 8.83. The Hall–Kier alpha value is -2.40. The largest absolute Gasteiger partial charge is 0.366 e. The van der Waals surface area contributed by atoms with Crippen molar-refractivity contribution >= 4 is 27.7 Å². The van der Waals surface area contributed by atoms with Crippen molar-refractivity contribution in [3.8, 4) is 11.3 Å². The lowest BCUT2D eigenvalue weighted by Gasteiger charge is -2.14. The van der Waals surface area contributed by atoms with Crippen molar-refractivity contribution in [1.29, 1.82) is 0 Å². The van der Waals surface area contributed by atoms with Crippen molar-refractivity contribution in [3.63, 3.8) is 0 Å². The van der Waals surface area contributed by atoms with E-state index in [4.69, 9.17) is 0 Å². The maximum absolute atomic E-state index is 4.69. The van der Waals surface area contributed by atoms with Crippen LogP contribution in [-0.2, 0) is 6.54 Å². The van der Waals surface area contributed by atoms with Gasteiger partial charge < -0.3 is 10.6 Å². The van der Waals surface area contributed by atoms with Crippen molar-refractivity contribution in [1.82, 2.24) is 9.97 Å². The second kappa shape index (κ2) is 8.81. The number of nitrogens with one attached hydrogen (secondary N) is 2. The van der Waals surface area contributed by atoms with E-state index in [1.54, 1.807) is 0 Å². The maximum atomic E-state index is 4.69. The van der Waals surface area contributed by atoms with Crippen molar-refractivity contribution in [2.24, 2.45) is 0 Å². The highest BCUT2D eigenvalue weighted by molar-refractivity contribution is 9.10. The second-order valence-electron chi connectivity index (χ2n) is 6.26. The summed E-state index contributed by atoms with van der Waals surface area (Å²) in [6.07, 6.45) is 1.01. The van der Waals surface area contributed by atoms with Crippen molar-refractivity contribution in [2.75, 3.05) is 10.6 Å². The molecule has 1 atom stereocenters. The molecule has 4 nitrogen and oxygen atoms in total. The standard InChI is InChI=1S/C21H23BrN4/c1-3-15(2)24-21-25-19(17-7-5-4-6-8-17)13-20(26-21)23-14-16-9-11-18(22)12-10-16/h4-13,15H,3,14H2,1-2H3,(H2,23,24,25,26)/t15-/m1/s1. The molecule has 0 fully saturated rings. The van der Waals surface area contributed by atoms with Gasteiger partial charge in [0.2, 0.25) is 5.95 Å². The Morgan fingerprint density at radius 1 is 1.00 bits per heavy atom. The smallest absolute Gasteiger partial charge is 0.225 e. The molecule has 2 N–H and O–H groups in total. The molecule has 1 heterocycles. The van der Waals surface area contributed by atoms with Crippen LogP contribution in [0.15, 0.2) is 65.1 Å². The first-order chi connectivity index (χ1) is 12.6. The van der Waals surface area contributed by atoms with Gasteiger partial charge in [-0.25, -0.2) is 4.98 Å². The van der Waals surface area contributed by atoms with E-state index in [0.717, 1.165) is 28.0 Å². The Kier molecular flexibility index (Phi) is 6.23. The van der Waals surface area contributed by atoms with E-state index in [-0.39, 0.29) is 0 Å². The molecule has 0 saturated carbocycles. The third-order valence-electron chi connectivity index (χ3n) is 4.17. The first kappa shape index (κ1) is 18.4. The van der Waals surface area contributed by atoms with Crippen LogP contribution in [0.2, 0.25) is 0 Å². The van der Waals surface area contributed by atoms with E-state index in [1.807, 2.05) is 36.4 Å². The van der Waals surface area contributed by atoms with Gasteiger partial charge in [-0.15, -0.1) is 0 Å². The summed E-state index contributed by atoms with van der Waals surface area (Å²) < 4.78 is 1.08. The number of halogens is 1. The van der Waals surface area contributed by atoms with Gasteiger partial charge in [-0.2, -0.15) is 4.98 Å². The maximum Gasteiger partial charge on any atom is 0.225 e. The number of anilines is 2. The molecular formula is C21H23BrN4. The number of nitrogens with zero attached hydrogens (tertiary/aromatic N) is 2. The van der Waals surface area contributed by atoms with Crippen LogP contribution < -0.4 is 10.6 Å². The summed E-state index contributed by atoms with van der Waals surface area (Å²) in [5.74, 6) is 1.46. The van der Waals surface area contributed by atoms with Gasteiger partial charge in [0.05, 0.1) is 5.69 Å². The van der Waals surface area contributed by atoms with E-state index < -0.39 is 0 Å². The lowest BCUT2D eigenvalue weighted by atomic mass is 10.1. The molecule has 0 unspecified atom stereocenters. The van der Waals surface area contributed by atoms with Gasteiger partial charge in [-0.3, -0.25) is 0 Å². The number of rotatable bonds is 7. The molecule has 26 heavy (non-hydrogen) atoms. The molecule has 5 heteroatoms. The van der Waals surface area contributed by atoms with Gasteiger partial charge in [-0.05, 0) is 31.0 Å². The van der Waals surface area contributed by atoms with E-state index >= 15 is 0 Å². The minimum Gasteiger partial charge on any atom is -0.366 e. The van der Waals surface area contributed by atoms with Crippen LogP contribution in [0.4, 0.5) is 11.8 Å². The van der Waals surface area contributed by atoms with E-state index in [1.165, 1.54) is 5.56 Å². The summed E-state index contributed by atoms with van der Waals surface area (Å²) in [6, 6.07) is 20.8. The molecule has 0 aliphatic heterocycles. The number of benzene rings is 2. The van der Waals surface area contributed by atoms with Crippen LogP contribution in [0.3, 0.4) is 0 Å². The van der Waals surface area contributed by atoms with Crippen molar-refractivity contribution < 1.29 is 0 Å². The Balaban J connectivity index is 1.85. The molecule has 0 aliphatic rings. The second-order valence-corrected chi connectivity index (χ2v) is 7.18. The highest BCUT2D eigenvalue weighted by Gasteiger charge is 2.08. The summed E-state index contributed by atoms with van der Waals surface area (Å²) in [5, 5.41) is 6.80. The highest BCUT2D eigenvalue weighted by atomic mass is 79.9. The fourth-order valence-corrected chi connectivity index (χ4v) is 2.74. The summed E-state index contributed by atoms with van der Waals surface area (Å²) in [4.78, 5) is 9.33. The van der Waals surface area contributed by atoms with Crippen LogP contribution in [0.5, 0.6) is 0 Å². The van der Waals surface area contributed by atoms with E-state index in [2.05, 4.69) is 74.6 Å². The number of aromatic nitrogens is 2. The van der Waals surface area contributed by atoms with Gasteiger partial charge in [0.1, 0.15) is 5.82 Å². The summed E-state index contributed by atoms with van der Waals surface area (Å²) in [7, 11) is 0. The monoisotopic (exact) mass is 410 g/mol. The minimum atomic E-state index is 0.320. The normalized spacial score (nSPS) is 11.8. The third-order valence-corrected chi connectivity index (χ3v) is 4.70. The van der Waals surface area contributed by atoms with Crippen molar-refractivity contribution in [3.05, 3.63) is 70.7 Å². The Labute approximate surface area is 163 Å². The summed E-state index contributed by atoms with van der Waals surface area (Å²) >= 11 is 3.47. The van der Waals surface area contributed by atoms with Gasteiger partial charge in [0.15, 0.2) is 0 Å². The van der Waals surface area contributed by atoms with Crippen LogP contribution in [0, 0.1) is 0 Å². The average molecular weight is 411 g/mol. The molecule has 1 aromatic heterocycles. The SMILES string of the molecule is CC[C@@H](C)Nc1nc(NCc2ccc(Br)cc2)cc(-c2ccccc2)n1. The van der Waals surface area contributed by atoms with Gasteiger partial charge in [-0.1, -0.05) is 65.3 Å². The predicted molar refractivity (Wildman–Crippen MR) is 112 cm³/mol. The molecule has 0 amide bonds. The molecule has 0 bridgehead atoms.